The van der Waals surface area contributed by atoms with Gasteiger partial charge in [0.15, 0.2) is 11.5 Å². The smallest absolute Gasteiger partial charge is 0.408 e. The number of hydrogen-bond acceptors (Lipinski definition) is 12. The normalized spacial score (nSPS) is 21.0. The molecule has 17 heteroatoms. The van der Waals surface area contributed by atoms with Gasteiger partial charge in [-0.3, -0.25) is 14.4 Å². The molecule has 1 aromatic heterocycles. The molecule has 16 nitrogen and oxygen atoms in total. The average molecular weight is 870 g/mol. The van der Waals surface area contributed by atoms with Gasteiger partial charge >= 0.3 is 6.09 Å². The highest BCUT2D eigenvalue weighted by molar-refractivity contribution is 7.90. The van der Waals surface area contributed by atoms with E-state index in [4.69, 9.17) is 28.7 Å². The highest BCUT2D eigenvalue weighted by Gasteiger charge is 2.61. The van der Waals surface area contributed by atoms with Gasteiger partial charge in [-0.05, 0) is 87.2 Å². The van der Waals surface area contributed by atoms with Crippen molar-refractivity contribution in [2.24, 2.45) is 11.8 Å². The van der Waals surface area contributed by atoms with E-state index in [2.05, 4.69) is 21.9 Å². The Balaban J connectivity index is 1.17. The SMILES string of the molecule is C=C[C@@H]1C[C@]1(NC(=O)[C@@H]1C[C@@H](OCc2cc(-c3ccc4c(c3)OCO4)nc3cc(OC)ccc23)CN1C(=O)[C@@H](NC(=O)OC(C)(C)C)C(C)C)C(=O)NS(=O)(=O)c1ccccc1. The quantitative estimate of drug-likeness (QED) is 0.140. The lowest BCUT2D eigenvalue weighted by molar-refractivity contribution is -0.142. The fourth-order valence-corrected chi connectivity index (χ4v) is 8.74. The summed E-state index contributed by atoms with van der Waals surface area (Å²) in [4.78, 5) is 61.9. The summed E-state index contributed by atoms with van der Waals surface area (Å²) in [5, 5.41) is 6.27. The number of pyridine rings is 1. The van der Waals surface area contributed by atoms with Crippen molar-refractivity contribution in [3.05, 3.63) is 91.0 Å². The summed E-state index contributed by atoms with van der Waals surface area (Å²) in [6.45, 7) is 12.5. The Morgan fingerprint density at radius 3 is 2.44 bits per heavy atom. The molecule has 1 saturated heterocycles. The molecule has 4 amide bonds. The van der Waals surface area contributed by atoms with E-state index < -0.39 is 75.0 Å². The molecule has 2 aliphatic heterocycles. The molecular formula is C45H51N5O11S. The summed E-state index contributed by atoms with van der Waals surface area (Å²) >= 11 is 0. The van der Waals surface area contributed by atoms with E-state index in [0.29, 0.717) is 28.5 Å². The summed E-state index contributed by atoms with van der Waals surface area (Å²) < 4.78 is 57.1. The third kappa shape index (κ3) is 9.33. The molecule has 62 heavy (non-hydrogen) atoms. The number of rotatable bonds is 14. The maximum atomic E-state index is 14.5. The third-order valence-corrected chi connectivity index (χ3v) is 12.4. The number of likely N-dealkylation sites (tertiary alicyclic amines) is 1. The van der Waals surface area contributed by atoms with Crippen molar-refractivity contribution in [1.29, 1.82) is 0 Å². The Morgan fingerprint density at radius 2 is 1.76 bits per heavy atom. The van der Waals surface area contributed by atoms with Crippen LogP contribution in [0.3, 0.4) is 0 Å². The predicted octanol–water partition coefficient (Wildman–Crippen LogP) is 5.24. The second-order valence-electron chi connectivity index (χ2n) is 16.9. The lowest BCUT2D eigenvalue weighted by Crippen LogP contribution is -2.59. The number of benzene rings is 3. The predicted molar refractivity (Wildman–Crippen MR) is 227 cm³/mol. The molecule has 328 valence electrons. The van der Waals surface area contributed by atoms with E-state index >= 15 is 0 Å². The molecule has 0 radical (unpaired) electrons. The number of methoxy groups -OCH3 is 1. The van der Waals surface area contributed by atoms with Gasteiger partial charge in [0.1, 0.15) is 29.0 Å². The van der Waals surface area contributed by atoms with Crippen molar-refractivity contribution < 1.29 is 51.3 Å². The monoisotopic (exact) mass is 869 g/mol. The van der Waals surface area contributed by atoms with Crippen molar-refractivity contribution in [3.63, 3.8) is 0 Å². The molecule has 0 spiro atoms. The number of sulfonamides is 1. The fraction of sp³-hybridized carbons (Fsp3) is 0.400. The van der Waals surface area contributed by atoms with Gasteiger partial charge in [0.2, 0.25) is 18.6 Å². The molecule has 3 heterocycles. The van der Waals surface area contributed by atoms with Crippen molar-refractivity contribution in [1.82, 2.24) is 25.2 Å². The van der Waals surface area contributed by atoms with Crippen LogP contribution in [-0.2, 0) is 40.5 Å². The summed E-state index contributed by atoms with van der Waals surface area (Å²) in [5.41, 5.74) is 0.330. The number of ether oxygens (including phenoxy) is 5. The molecule has 1 saturated carbocycles. The molecule has 5 atom stereocenters. The number of carbonyl (C=O) groups is 4. The topological polar surface area (TPSA) is 201 Å². The van der Waals surface area contributed by atoms with Gasteiger partial charge in [0, 0.05) is 35.9 Å². The Bertz CT molecular complexity index is 2510. The van der Waals surface area contributed by atoms with Gasteiger partial charge in [-0.15, -0.1) is 6.58 Å². The zero-order valence-electron chi connectivity index (χ0n) is 35.4. The molecule has 1 aliphatic carbocycles. The number of aromatic nitrogens is 1. The first-order valence-corrected chi connectivity index (χ1v) is 21.8. The van der Waals surface area contributed by atoms with Crippen LogP contribution < -0.4 is 29.6 Å². The molecular weight excluding hydrogens is 819 g/mol. The number of alkyl carbamates (subject to hydrolysis) is 1. The summed E-state index contributed by atoms with van der Waals surface area (Å²) in [6, 6.07) is 18.1. The Labute approximate surface area is 360 Å². The minimum absolute atomic E-state index is 0.0133. The highest BCUT2D eigenvalue weighted by atomic mass is 32.2. The molecule has 0 bridgehead atoms. The van der Waals surface area contributed by atoms with Crippen LogP contribution >= 0.6 is 0 Å². The maximum absolute atomic E-state index is 14.5. The van der Waals surface area contributed by atoms with Crippen LogP contribution in [-0.4, -0.2) is 91.9 Å². The minimum atomic E-state index is -4.29. The lowest BCUT2D eigenvalue weighted by Gasteiger charge is -2.31. The lowest BCUT2D eigenvalue weighted by atomic mass is 10.0. The van der Waals surface area contributed by atoms with E-state index in [1.165, 1.54) is 35.2 Å². The average Bonchev–Trinajstić information content (AvgIpc) is 3.50. The Morgan fingerprint density at radius 1 is 1.02 bits per heavy atom. The zero-order valence-corrected chi connectivity index (χ0v) is 36.2. The first kappa shape index (κ1) is 43.9. The van der Waals surface area contributed by atoms with Crippen LogP contribution in [0, 0.1) is 11.8 Å². The standard InChI is InChI=1S/C45H51N5O11S/c1-8-29-22-45(29,42(53)49-62(55,56)32-12-10-9-11-13-32)48-40(51)36-21-31(23-50(36)41(52)39(26(2)3)47-43(54)61-44(4,5)6)58-24-28-18-34(27-14-17-37-38(19-27)60-25-59-37)46-35-20-30(57-7)15-16-33(28)35/h8-20,26,29,31,36,39H,1,21-25H2,2-7H3,(H,47,54)(H,48,51)(H,49,53)/t29-,31-,36+,39+,45-/m1/s1. The van der Waals surface area contributed by atoms with Crippen molar-refractivity contribution >= 4 is 44.7 Å². The van der Waals surface area contributed by atoms with Gasteiger partial charge in [-0.25, -0.2) is 22.9 Å². The molecule has 7 rings (SSSR count). The van der Waals surface area contributed by atoms with Crippen LogP contribution in [0.1, 0.15) is 53.0 Å². The summed E-state index contributed by atoms with van der Waals surface area (Å²) in [6.07, 6.45) is 0.0692. The van der Waals surface area contributed by atoms with E-state index in [1.54, 1.807) is 47.8 Å². The number of amides is 4. The zero-order chi connectivity index (χ0) is 44.6. The summed E-state index contributed by atoms with van der Waals surface area (Å²) in [5.74, 6) is -1.39. The molecule has 3 aliphatic rings. The molecule has 0 unspecified atom stereocenters. The van der Waals surface area contributed by atoms with E-state index in [1.807, 2.05) is 42.5 Å². The number of nitrogens with zero attached hydrogens (tertiary/aromatic N) is 2. The van der Waals surface area contributed by atoms with Crippen LogP contribution in [0.2, 0.25) is 0 Å². The Hall–Kier alpha value is -6.20. The van der Waals surface area contributed by atoms with Crippen LogP contribution in [0.5, 0.6) is 17.2 Å². The fourth-order valence-electron chi connectivity index (χ4n) is 7.68. The largest absolute Gasteiger partial charge is 0.497 e. The van der Waals surface area contributed by atoms with Gasteiger partial charge in [0.05, 0.1) is 35.9 Å². The number of nitrogens with one attached hydrogen (secondary N) is 3. The van der Waals surface area contributed by atoms with Crippen LogP contribution in [0.15, 0.2) is 90.3 Å². The first-order chi connectivity index (χ1) is 29.4. The van der Waals surface area contributed by atoms with Crippen molar-refractivity contribution in [2.45, 2.75) is 88.3 Å². The van der Waals surface area contributed by atoms with E-state index in [-0.39, 0.29) is 37.7 Å². The van der Waals surface area contributed by atoms with Crippen molar-refractivity contribution in [3.8, 4) is 28.5 Å². The van der Waals surface area contributed by atoms with E-state index in [0.717, 1.165) is 16.5 Å². The molecule has 3 N–H and O–H groups in total. The van der Waals surface area contributed by atoms with Crippen LogP contribution in [0.25, 0.3) is 22.2 Å². The maximum Gasteiger partial charge on any atom is 0.408 e. The Kier molecular flexibility index (Phi) is 12.2. The second-order valence-corrected chi connectivity index (χ2v) is 18.6. The second kappa shape index (κ2) is 17.3. The van der Waals surface area contributed by atoms with Gasteiger partial charge in [-0.2, -0.15) is 0 Å². The number of carbonyl (C=O) groups excluding carboxylic acids is 4. The number of hydrogen-bond donors (Lipinski definition) is 3. The van der Waals surface area contributed by atoms with E-state index in [9.17, 15) is 27.6 Å². The molecule has 3 aromatic carbocycles. The summed E-state index contributed by atoms with van der Waals surface area (Å²) in [7, 11) is -2.72. The van der Waals surface area contributed by atoms with Gasteiger partial charge in [-0.1, -0.05) is 38.1 Å². The van der Waals surface area contributed by atoms with Crippen LogP contribution in [0.4, 0.5) is 4.79 Å². The van der Waals surface area contributed by atoms with Gasteiger partial charge < -0.3 is 39.2 Å². The first-order valence-electron chi connectivity index (χ1n) is 20.3. The third-order valence-electron chi connectivity index (χ3n) is 11.0. The van der Waals surface area contributed by atoms with Gasteiger partial charge in [0.25, 0.3) is 15.9 Å². The number of fused-ring (bicyclic) bond motifs is 2. The highest BCUT2D eigenvalue weighted by Crippen LogP contribution is 2.45. The van der Waals surface area contributed by atoms with Crippen molar-refractivity contribution in [2.75, 3.05) is 20.4 Å². The minimum Gasteiger partial charge on any atom is -0.497 e. The molecule has 2 fully saturated rings. The molecule has 4 aromatic rings.